The van der Waals surface area contributed by atoms with E-state index in [9.17, 15) is 4.79 Å². The average molecular weight is 441 g/mol. The van der Waals surface area contributed by atoms with E-state index < -0.39 is 5.97 Å². The number of aryl methyl sites for hydroxylation is 1. The van der Waals surface area contributed by atoms with Gasteiger partial charge in [-0.3, -0.25) is 4.68 Å². The quantitative estimate of drug-likeness (QED) is 0.380. The van der Waals surface area contributed by atoms with Crippen molar-refractivity contribution in [3.05, 3.63) is 65.7 Å². The Morgan fingerprint density at radius 2 is 1.97 bits per heavy atom. The Balaban J connectivity index is 1.74. The number of carbonyl (C=O) groups is 1. The van der Waals surface area contributed by atoms with Crippen molar-refractivity contribution in [2.45, 2.75) is 23.5 Å². The summed E-state index contributed by atoms with van der Waals surface area (Å²) in [5.74, 6) is -0.0386. The molecule has 1 aromatic carbocycles. The maximum atomic E-state index is 11.7. The predicted octanol–water partition coefficient (Wildman–Crippen LogP) is 5.21. The van der Waals surface area contributed by atoms with E-state index in [1.54, 1.807) is 29.2 Å². The molecule has 0 fully saturated rings. The third-order valence-electron chi connectivity index (χ3n) is 4.26. The molecule has 0 saturated carbocycles. The van der Waals surface area contributed by atoms with Crippen LogP contribution in [0.25, 0.3) is 22.7 Å². The lowest BCUT2D eigenvalue weighted by Crippen LogP contribution is -2.03. The maximum absolute atomic E-state index is 11.7. The molecule has 0 unspecified atom stereocenters. The second-order valence-electron chi connectivity index (χ2n) is 6.22. The summed E-state index contributed by atoms with van der Waals surface area (Å²) in [6, 6.07) is 10.8. The molecule has 0 saturated heterocycles. The number of pyridine rings is 1. The molecule has 0 spiro atoms. The summed E-state index contributed by atoms with van der Waals surface area (Å²) in [7, 11) is 1.32. The Hall–Kier alpha value is -3.10. The lowest BCUT2D eigenvalue weighted by Gasteiger charge is -2.03. The first-order valence-corrected chi connectivity index (χ1v) is 10.3. The fourth-order valence-corrected chi connectivity index (χ4v) is 3.69. The van der Waals surface area contributed by atoms with Crippen LogP contribution in [0.2, 0.25) is 5.02 Å². The molecule has 3 heterocycles. The Labute approximate surface area is 182 Å². The fraction of sp³-hybridized carbons (Fsp3) is 0.143. The second kappa shape index (κ2) is 8.73. The van der Waals surface area contributed by atoms with Crippen molar-refractivity contribution in [3.8, 4) is 22.7 Å². The van der Waals surface area contributed by atoms with Crippen LogP contribution in [0.1, 0.15) is 17.4 Å². The molecule has 0 N–H and O–H groups in total. The number of rotatable bonds is 6. The molecule has 0 atom stereocenters. The number of hydrogen-bond acceptors (Lipinski definition) is 7. The number of aromatic nitrogens is 4. The summed E-state index contributed by atoms with van der Waals surface area (Å²) in [6.45, 7) is 2.76. The highest BCUT2D eigenvalue weighted by Gasteiger charge is 2.20. The van der Waals surface area contributed by atoms with E-state index in [1.165, 1.54) is 18.9 Å². The van der Waals surface area contributed by atoms with Gasteiger partial charge < -0.3 is 9.15 Å². The van der Waals surface area contributed by atoms with E-state index in [-0.39, 0.29) is 5.69 Å². The maximum Gasteiger partial charge on any atom is 0.356 e. The summed E-state index contributed by atoms with van der Waals surface area (Å²) >= 11 is 7.42. The number of ether oxygens (including phenoxy) is 1. The van der Waals surface area contributed by atoms with E-state index in [4.69, 9.17) is 20.8 Å². The third kappa shape index (κ3) is 4.24. The SMILES string of the molecule is CCn1cc(-c2nc(-c3ccc(C(=O)OC)nc3)c(Sc3ccc(Cl)cc3)o2)cn1. The summed E-state index contributed by atoms with van der Waals surface area (Å²) in [6.07, 6.45) is 5.18. The molecule has 4 rings (SSSR count). The predicted molar refractivity (Wildman–Crippen MR) is 114 cm³/mol. The van der Waals surface area contributed by atoms with Crippen molar-refractivity contribution in [2.75, 3.05) is 7.11 Å². The van der Waals surface area contributed by atoms with Crippen molar-refractivity contribution in [3.63, 3.8) is 0 Å². The lowest BCUT2D eigenvalue weighted by molar-refractivity contribution is 0.0594. The van der Waals surface area contributed by atoms with Crippen LogP contribution in [-0.4, -0.2) is 32.8 Å². The fourth-order valence-electron chi connectivity index (χ4n) is 2.70. The minimum Gasteiger partial charge on any atom is -0.464 e. The molecule has 0 aliphatic rings. The lowest BCUT2D eigenvalue weighted by atomic mass is 10.2. The number of hydrogen-bond donors (Lipinski definition) is 0. The number of halogens is 1. The van der Waals surface area contributed by atoms with Gasteiger partial charge in [0.1, 0.15) is 11.4 Å². The first-order valence-electron chi connectivity index (χ1n) is 9.09. The van der Waals surface area contributed by atoms with Crippen molar-refractivity contribution in [2.24, 2.45) is 0 Å². The van der Waals surface area contributed by atoms with Crippen LogP contribution >= 0.6 is 23.4 Å². The number of nitrogens with zero attached hydrogens (tertiary/aromatic N) is 4. The molecule has 0 radical (unpaired) electrons. The van der Waals surface area contributed by atoms with Crippen LogP contribution in [0.3, 0.4) is 0 Å². The standard InChI is InChI=1S/C21H17ClN4O3S/c1-3-26-12-14(11-24-26)19-25-18(13-4-9-17(23-10-13)20(27)28-2)21(29-19)30-16-7-5-15(22)6-8-16/h4-12H,3H2,1-2H3. The summed E-state index contributed by atoms with van der Waals surface area (Å²) in [5.41, 5.74) is 2.34. The summed E-state index contributed by atoms with van der Waals surface area (Å²) < 4.78 is 12.6. The van der Waals surface area contributed by atoms with Crippen molar-refractivity contribution >= 4 is 29.3 Å². The normalized spacial score (nSPS) is 10.9. The topological polar surface area (TPSA) is 83.0 Å². The minimum atomic E-state index is -0.495. The van der Waals surface area contributed by atoms with Gasteiger partial charge in [-0.1, -0.05) is 11.6 Å². The Morgan fingerprint density at radius 1 is 1.17 bits per heavy atom. The van der Waals surface area contributed by atoms with Crippen LogP contribution in [0.15, 0.2) is 69.4 Å². The van der Waals surface area contributed by atoms with E-state index in [0.717, 1.165) is 22.6 Å². The molecule has 30 heavy (non-hydrogen) atoms. The van der Waals surface area contributed by atoms with Gasteiger partial charge in [-0.15, -0.1) is 0 Å². The van der Waals surface area contributed by atoms with Crippen LogP contribution < -0.4 is 0 Å². The van der Waals surface area contributed by atoms with E-state index in [1.807, 2.05) is 37.4 Å². The van der Waals surface area contributed by atoms with E-state index in [2.05, 4.69) is 15.1 Å². The van der Waals surface area contributed by atoms with Crippen LogP contribution in [0.5, 0.6) is 0 Å². The molecule has 152 valence electrons. The largest absolute Gasteiger partial charge is 0.464 e. The molecule has 0 aliphatic carbocycles. The van der Waals surface area contributed by atoms with Gasteiger partial charge in [-0.2, -0.15) is 5.10 Å². The smallest absolute Gasteiger partial charge is 0.356 e. The van der Waals surface area contributed by atoms with Gasteiger partial charge in [0.15, 0.2) is 5.09 Å². The highest BCUT2D eigenvalue weighted by molar-refractivity contribution is 7.99. The van der Waals surface area contributed by atoms with Crippen LogP contribution in [0.4, 0.5) is 0 Å². The molecule has 0 amide bonds. The molecule has 3 aromatic heterocycles. The number of carbonyl (C=O) groups excluding carboxylic acids is 1. The van der Waals surface area contributed by atoms with E-state index in [0.29, 0.717) is 21.7 Å². The van der Waals surface area contributed by atoms with Gasteiger partial charge in [0.2, 0.25) is 5.89 Å². The van der Waals surface area contributed by atoms with Gasteiger partial charge in [0.25, 0.3) is 0 Å². The summed E-state index contributed by atoms with van der Waals surface area (Å²) in [5, 5.41) is 5.55. The van der Waals surface area contributed by atoms with Gasteiger partial charge in [0, 0.05) is 34.4 Å². The highest BCUT2D eigenvalue weighted by Crippen LogP contribution is 2.39. The van der Waals surface area contributed by atoms with Gasteiger partial charge >= 0.3 is 5.97 Å². The zero-order valence-electron chi connectivity index (χ0n) is 16.2. The Morgan fingerprint density at radius 3 is 2.60 bits per heavy atom. The van der Waals surface area contributed by atoms with Gasteiger partial charge in [-0.05, 0) is 55.1 Å². The first-order chi connectivity index (χ1) is 14.6. The van der Waals surface area contributed by atoms with Crippen molar-refractivity contribution in [1.29, 1.82) is 0 Å². The second-order valence-corrected chi connectivity index (χ2v) is 7.70. The van der Waals surface area contributed by atoms with E-state index >= 15 is 0 Å². The molecular formula is C21H17ClN4O3S. The highest BCUT2D eigenvalue weighted by atomic mass is 35.5. The Bertz CT molecular complexity index is 1170. The molecule has 0 aliphatic heterocycles. The monoisotopic (exact) mass is 440 g/mol. The summed E-state index contributed by atoms with van der Waals surface area (Å²) in [4.78, 5) is 21.5. The number of oxazole rings is 1. The average Bonchev–Trinajstić information content (AvgIpc) is 3.42. The minimum absolute atomic E-state index is 0.223. The van der Waals surface area contributed by atoms with Crippen LogP contribution in [0, 0.1) is 0 Å². The third-order valence-corrected chi connectivity index (χ3v) is 5.48. The number of methoxy groups -OCH3 is 1. The molecule has 9 heteroatoms. The first kappa shape index (κ1) is 20.2. The van der Waals surface area contributed by atoms with Gasteiger partial charge in [-0.25, -0.2) is 14.8 Å². The van der Waals surface area contributed by atoms with Crippen molar-refractivity contribution < 1.29 is 13.9 Å². The zero-order chi connectivity index (χ0) is 21.1. The zero-order valence-corrected chi connectivity index (χ0v) is 17.8. The Kier molecular flexibility index (Phi) is 5.87. The molecule has 4 aromatic rings. The molecule has 0 bridgehead atoms. The van der Waals surface area contributed by atoms with Gasteiger partial charge in [0.05, 0.1) is 18.9 Å². The van der Waals surface area contributed by atoms with Crippen molar-refractivity contribution in [1.82, 2.24) is 19.7 Å². The molecular weight excluding hydrogens is 424 g/mol. The number of esters is 1. The molecule has 7 nitrogen and oxygen atoms in total. The number of benzene rings is 1. The van der Waals surface area contributed by atoms with Crippen LogP contribution in [-0.2, 0) is 11.3 Å².